The van der Waals surface area contributed by atoms with Gasteiger partial charge in [0.25, 0.3) is 5.91 Å². The first kappa shape index (κ1) is 21.7. The second-order valence-electron chi connectivity index (χ2n) is 6.37. The van der Waals surface area contributed by atoms with Crippen LogP contribution >= 0.6 is 0 Å². The van der Waals surface area contributed by atoms with E-state index in [1.165, 1.54) is 37.3 Å². The molecular weight excluding hydrogens is 405 g/mol. The molecule has 2 aromatic carbocycles. The van der Waals surface area contributed by atoms with Crippen LogP contribution in [0.25, 0.3) is 11.4 Å². The molecule has 1 amide bonds. The Labute approximate surface area is 177 Å². The fourth-order valence-corrected chi connectivity index (χ4v) is 2.54. The van der Waals surface area contributed by atoms with Gasteiger partial charge in [-0.3, -0.25) is 4.79 Å². The van der Waals surface area contributed by atoms with Crippen molar-refractivity contribution in [2.75, 3.05) is 6.61 Å². The van der Waals surface area contributed by atoms with E-state index < -0.39 is 18.0 Å². The van der Waals surface area contributed by atoms with Gasteiger partial charge in [-0.1, -0.05) is 0 Å². The van der Waals surface area contributed by atoms with Crippen molar-refractivity contribution in [3.8, 4) is 28.8 Å². The van der Waals surface area contributed by atoms with E-state index in [1.807, 2.05) is 0 Å². The normalized spacial score (nSPS) is 11.5. The quantitative estimate of drug-likeness (QED) is 0.550. The molecule has 0 spiro atoms. The zero-order valence-electron chi connectivity index (χ0n) is 16.9. The third-order valence-electron chi connectivity index (χ3n) is 4.03. The summed E-state index contributed by atoms with van der Waals surface area (Å²) in [6, 6.07) is 13.6. The van der Waals surface area contributed by atoms with Gasteiger partial charge in [-0.25, -0.2) is 14.2 Å². The Balaban J connectivity index is 1.83. The van der Waals surface area contributed by atoms with E-state index in [-0.39, 0.29) is 29.8 Å². The number of hydrogen-bond donors (Lipinski definition) is 1. The topological polar surface area (TPSA) is 114 Å². The fraction of sp³-hybridized carbons (Fsp3) is 0.182. The molecular formula is C22H20FN3O5. The number of aromatic nitrogens is 2. The number of carbonyl (C=O) groups excluding carboxylic acids is 2. The van der Waals surface area contributed by atoms with Gasteiger partial charge in [0.2, 0.25) is 5.88 Å². The highest BCUT2D eigenvalue weighted by molar-refractivity contribution is 5.91. The van der Waals surface area contributed by atoms with E-state index in [0.717, 1.165) is 0 Å². The largest absolute Gasteiger partial charge is 0.463 e. The lowest BCUT2D eigenvalue weighted by molar-refractivity contribution is -0.150. The van der Waals surface area contributed by atoms with Crippen LogP contribution in [0.3, 0.4) is 0 Å². The molecule has 31 heavy (non-hydrogen) atoms. The smallest absolute Gasteiger partial charge is 0.347 e. The van der Waals surface area contributed by atoms with Gasteiger partial charge >= 0.3 is 5.97 Å². The van der Waals surface area contributed by atoms with E-state index in [0.29, 0.717) is 17.1 Å². The molecule has 1 atom stereocenters. The van der Waals surface area contributed by atoms with Crippen molar-refractivity contribution in [3.63, 3.8) is 0 Å². The molecule has 160 valence electrons. The first-order chi connectivity index (χ1) is 14.9. The Morgan fingerprint density at radius 3 is 2.23 bits per heavy atom. The number of primary amides is 1. The van der Waals surface area contributed by atoms with Gasteiger partial charge in [0.1, 0.15) is 23.0 Å². The second-order valence-corrected chi connectivity index (χ2v) is 6.37. The molecule has 0 aliphatic rings. The highest BCUT2D eigenvalue weighted by Crippen LogP contribution is 2.26. The van der Waals surface area contributed by atoms with Crippen LogP contribution in [-0.4, -0.2) is 34.6 Å². The van der Waals surface area contributed by atoms with Crippen LogP contribution in [0.5, 0.6) is 17.4 Å². The summed E-state index contributed by atoms with van der Waals surface area (Å²) < 4.78 is 29.1. The van der Waals surface area contributed by atoms with Crippen molar-refractivity contribution in [1.29, 1.82) is 0 Å². The molecule has 2 N–H and O–H groups in total. The van der Waals surface area contributed by atoms with E-state index in [4.69, 9.17) is 19.9 Å². The molecule has 0 bridgehead atoms. The Kier molecular flexibility index (Phi) is 6.76. The van der Waals surface area contributed by atoms with Crippen LogP contribution in [0.15, 0.2) is 54.6 Å². The summed E-state index contributed by atoms with van der Waals surface area (Å²) >= 11 is 0. The summed E-state index contributed by atoms with van der Waals surface area (Å²) in [5, 5.41) is 0. The zero-order valence-corrected chi connectivity index (χ0v) is 16.9. The minimum Gasteiger partial charge on any atom is -0.463 e. The number of hydrogen-bond acceptors (Lipinski definition) is 7. The predicted octanol–water partition coefficient (Wildman–Crippen LogP) is 3.50. The van der Waals surface area contributed by atoms with E-state index >= 15 is 0 Å². The first-order valence-corrected chi connectivity index (χ1v) is 9.41. The van der Waals surface area contributed by atoms with Crippen molar-refractivity contribution in [2.24, 2.45) is 5.73 Å². The first-order valence-electron chi connectivity index (χ1n) is 9.41. The van der Waals surface area contributed by atoms with Gasteiger partial charge in [-0.05, 0) is 62.4 Å². The van der Waals surface area contributed by atoms with E-state index in [9.17, 15) is 14.0 Å². The summed E-state index contributed by atoms with van der Waals surface area (Å²) in [5.41, 5.74) is 5.86. The van der Waals surface area contributed by atoms with Gasteiger partial charge < -0.3 is 19.9 Å². The molecule has 8 nitrogen and oxygen atoms in total. The monoisotopic (exact) mass is 425 g/mol. The van der Waals surface area contributed by atoms with Crippen LogP contribution in [-0.2, 0) is 9.53 Å². The van der Waals surface area contributed by atoms with Gasteiger partial charge in [0.15, 0.2) is 11.9 Å². The third-order valence-corrected chi connectivity index (χ3v) is 4.03. The van der Waals surface area contributed by atoms with Crippen molar-refractivity contribution in [2.45, 2.75) is 20.0 Å². The summed E-state index contributed by atoms with van der Waals surface area (Å²) in [5.74, 6) is -0.524. The molecule has 9 heteroatoms. The number of rotatable bonds is 8. The van der Waals surface area contributed by atoms with Gasteiger partial charge in [-0.2, -0.15) is 4.98 Å². The Morgan fingerprint density at radius 2 is 1.65 bits per heavy atom. The van der Waals surface area contributed by atoms with Crippen molar-refractivity contribution >= 4 is 11.9 Å². The second kappa shape index (κ2) is 9.66. The minimum atomic E-state index is -0.935. The Morgan fingerprint density at radius 1 is 1.03 bits per heavy atom. The van der Waals surface area contributed by atoms with E-state index in [1.54, 1.807) is 31.2 Å². The molecule has 0 unspecified atom stereocenters. The van der Waals surface area contributed by atoms with Gasteiger partial charge in [0, 0.05) is 11.6 Å². The summed E-state index contributed by atoms with van der Waals surface area (Å²) in [6.45, 7) is 3.40. The number of benzene rings is 2. The third kappa shape index (κ3) is 5.75. The molecule has 0 aliphatic heterocycles. The number of esters is 1. The number of carbonyl (C=O) groups is 2. The maximum atomic E-state index is 13.0. The molecule has 3 rings (SSSR count). The zero-order chi connectivity index (χ0) is 22.4. The number of halogens is 1. The molecule has 0 aliphatic carbocycles. The van der Waals surface area contributed by atoms with Crippen LogP contribution in [0.1, 0.15) is 24.3 Å². The number of nitrogens with two attached hydrogens (primary N) is 1. The fourth-order valence-electron chi connectivity index (χ4n) is 2.54. The number of nitrogens with zero attached hydrogens (tertiary/aromatic N) is 2. The molecule has 0 saturated carbocycles. The summed E-state index contributed by atoms with van der Waals surface area (Å²) in [4.78, 5) is 31.9. The van der Waals surface area contributed by atoms with Crippen LogP contribution < -0.4 is 15.2 Å². The van der Waals surface area contributed by atoms with Gasteiger partial charge in [-0.15, -0.1) is 0 Å². The minimum absolute atomic E-state index is 0.00555. The van der Waals surface area contributed by atoms with Crippen LogP contribution in [0.4, 0.5) is 4.39 Å². The average molecular weight is 425 g/mol. The maximum absolute atomic E-state index is 13.0. The lowest BCUT2D eigenvalue weighted by Gasteiger charge is -2.14. The molecule has 1 aromatic heterocycles. The SMILES string of the molecule is CCOC(=O)[C@H](C)Oc1cc(C(N)=O)nc(-c2ccc(Oc3ccc(F)cc3)cc2)n1. The molecule has 0 saturated heterocycles. The summed E-state index contributed by atoms with van der Waals surface area (Å²) in [6.07, 6.45) is -0.935. The van der Waals surface area contributed by atoms with Gasteiger partial charge in [0.05, 0.1) is 6.61 Å². The molecule has 1 heterocycles. The van der Waals surface area contributed by atoms with Crippen LogP contribution in [0.2, 0.25) is 0 Å². The maximum Gasteiger partial charge on any atom is 0.347 e. The van der Waals surface area contributed by atoms with E-state index in [2.05, 4.69) is 9.97 Å². The highest BCUT2D eigenvalue weighted by atomic mass is 19.1. The Bertz CT molecular complexity index is 1070. The predicted molar refractivity (Wildman–Crippen MR) is 109 cm³/mol. The number of amides is 1. The lowest BCUT2D eigenvalue weighted by atomic mass is 10.2. The lowest BCUT2D eigenvalue weighted by Crippen LogP contribution is -2.27. The van der Waals surface area contributed by atoms with Crippen molar-refractivity contribution < 1.29 is 28.2 Å². The Hall–Kier alpha value is -4.01. The molecule has 0 radical (unpaired) electrons. The van der Waals surface area contributed by atoms with Crippen LogP contribution in [0, 0.1) is 5.82 Å². The molecule has 0 fully saturated rings. The molecule has 3 aromatic rings. The number of ether oxygens (including phenoxy) is 3. The average Bonchev–Trinajstić information content (AvgIpc) is 2.75. The van der Waals surface area contributed by atoms with Crippen molar-refractivity contribution in [1.82, 2.24) is 9.97 Å². The highest BCUT2D eigenvalue weighted by Gasteiger charge is 2.19. The standard InChI is InChI=1S/C22H20FN3O5/c1-3-29-22(28)13(2)30-19-12-18(20(24)27)25-21(26-19)14-4-8-16(9-5-14)31-17-10-6-15(23)7-11-17/h4-13H,3H2,1-2H3,(H2,24,27)/t13-/m0/s1. The van der Waals surface area contributed by atoms with Crippen molar-refractivity contribution in [3.05, 3.63) is 66.1 Å². The summed E-state index contributed by atoms with van der Waals surface area (Å²) in [7, 11) is 0.